The van der Waals surface area contributed by atoms with E-state index in [9.17, 15) is 0 Å². The van der Waals surface area contributed by atoms with Crippen LogP contribution in [0.4, 0.5) is 17.5 Å². The highest BCUT2D eigenvalue weighted by molar-refractivity contribution is 6.31. The minimum atomic E-state index is 0.275. The van der Waals surface area contributed by atoms with Crippen LogP contribution in [-0.2, 0) is 4.74 Å². The number of hydrogen-bond acceptors (Lipinski definition) is 5. The summed E-state index contributed by atoms with van der Waals surface area (Å²) in [5.41, 5.74) is 2.79. The molecule has 0 saturated carbocycles. The topological polar surface area (TPSA) is 59.1 Å². The van der Waals surface area contributed by atoms with E-state index in [0.29, 0.717) is 5.95 Å². The van der Waals surface area contributed by atoms with E-state index in [-0.39, 0.29) is 6.10 Å². The number of hydrogen-bond donors (Lipinski definition) is 2. The summed E-state index contributed by atoms with van der Waals surface area (Å²) in [5.74, 6) is 1.36. The van der Waals surface area contributed by atoms with E-state index in [1.54, 1.807) is 0 Å². The molecule has 2 aromatic rings. The molecule has 1 aromatic heterocycles. The predicted molar refractivity (Wildman–Crippen MR) is 93.7 cm³/mol. The number of aryl methyl sites for hydroxylation is 1. The first-order valence-electron chi connectivity index (χ1n) is 7.85. The fraction of sp³-hybridized carbons (Fsp3) is 0.412. The van der Waals surface area contributed by atoms with Crippen LogP contribution >= 0.6 is 11.6 Å². The minimum Gasteiger partial charge on any atom is -0.376 e. The maximum absolute atomic E-state index is 6.16. The Labute approximate surface area is 141 Å². The van der Waals surface area contributed by atoms with Crippen molar-refractivity contribution in [1.29, 1.82) is 0 Å². The lowest BCUT2D eigenvalue weighted by Crippen LogP contribution is -2.19. The average molecular weight is 333 g/mol. The van der Waals surface area contributed by atoms with Gasteiger partial charge in [-0.3, -0.25) is 0 Å². The van der Waals surface area contributed by atoms with Crippen molar-refractivity contribution in [2.24, 2.45) is 0 Å². The van der Waals surface area contributed by atoms with Gasteiger partial charge in [0.25, 0.3) is 0 Å². The van der Waals surface area contributed by atoms with E-state index >= 15 is 0 Å². The lowest BCUT2D eigenvalue weighted by atomic mass is 10.2. The summed E-state index contributed by atoms with van der Waals surface area (Å²) in [6.45, 7) is 5.55. The zero-order valence-electron chi connectivity index (χ0n) is 13.4. The highest BCUT2D eigenvalue weighted by atomic mass is 35.5. The van der Waals surface area contributed by atoms with E-state index < -0.39 is 0 Å². The van der Waals surface area contributed by atoms with Crippen LogP contribution < -0.4 is 10.6 Å². The van der Waals surface area contributed by atoms with Crippen molar-refractivity contribution in [3.8, 4) is 0 Å². The number of anilines is 3. The van der Waals surface area contributed by atoms with Gasteiger partial charge in [0.2, 0.25) is 5.95 Å². The molecular weight excluding hydrogens is 312 g/mol. The summed E-state index contributed by atoms with van der Waals surface area (Å²) in [6, 6.07) is 7.68. The van der Waals surface area contributed by atoms with Crippen molar-refractivity contribution in [3.63, 3.8) is 0 Å². The lowest BCUT2D eigenvalue weighted by molar-refractivity contribution is 0.120. The Morgan fingerprint density at radius 1 is 1.30 bits per heavy atom. The molecule has 0 spiro atoms. The van der Waals surface area contributed by atoms with Crippen LogP contribution in [0.25, 0.3) is 0 Å². The summed E-state index contributed by atoms with van der Waals surface area (Å²) in [4.78, 5) is 8.97. The van der Waals surface area contributed by atoms with Crippen molar-refractivity contribution < 1.29 is 4.74 Å². The molecule has 1 aliphatic heterocycles. The van der Waals surface area contributed by atoms with E-state index in [0.717, 1.165) is 53.8 Å². The highest BCUT2D eigenvalue weighted by Gasteiger charge is 2.15. The third-order valence-corrected chi connectivity index (χ3v) is 4.31. The molecule has 122 valence electrons. The number of nitrogens with one attached hydrogen (secondary N) is 2. The molecule has 1 fully saturated rings. The molecule has 1 atom stereocenters. The highest BCUT2D eigenvalue weighted by Crippen LogP contribution is 2.25. The van der Waals surface area contributed by atoms with Gasteiger partial charge in [-0.15, -0.1) is 0 Å². The first kappa shape index (κ1) is 16.0. The van der Waals surface area contributed by atoms with Gasteiger partial charge in [-0.1, -0.05) is 17.7 Å². The smallest absolute Gasteiger partial charge is 0.229 e. The maximum atomic E-state index is 6.16. The van der Waals surface area contributed by atoms with Gasteiger partial charge in [-0.25, -0.2) is 4.98 Å². The van der Waals surface area contributed by atoms with Crippen molar-refractivity contribution in [1.82, 2.24) is 9.97 Å². The summed E-state index contributed by atoms with van der Waals surface area (Å²) in [5, 5.41) is 7.30. The molecule has 0 bridgehead atoms. The Balaban J connectivity index is 1.73. The van der Waals surface area contributed by atoms with Crippen LogP contribution in [0.1, 0.15) is 24.1 Å². The molecule has 6 heteroatoms. The molecule has 1 saturated heterocycles. The van der Waals surface area contributed by atoms with E-state index in [2.05, 4.69) is 20.6 Å². The second-order valence-corrected chi connectivity index (χ2v) is 6.18. The second kappa shape index (κ2) is 7.15. The second-order valence-electron chi connectivity index (χ2n) is 5.77. The van der Waals surface area contributed by atoms with Crippen LogP contribution in [0.2, 0.25) is 5.02 Å². The normalized spacial score (nSPS) is 17.3. The summed E-state index contributed by atoms with van der Waals surface area (Å²) >= 11 is 6.16. The molecule has 2 N–H and O–H groups in total. The van der Waals surface area contributed by atoms with Gasteiger partial charge in [0.05, 0.1) is 6.10 Å². The molecule has 0 amide bonds. The Bertz CT molecular complexity index is 686. The van der Waals surface area contributed by atoms with Gasteiger partial charge in [-0.2, -0.15) is 4.98 Å². The lowest BCUT2D eigenvalue weighted by Gasteiger charge is -2.14. The zero-order valence-corrected chi connectivity index (χ0v) is 14.2. The number of benzene rings is 1. The maximum Gasteiger partial charge on any atom is 0.229 e. The Hall–Kier alpha value is -1.85. The van der Waals surface area contributed by atoms with Crippen molar-refractivity contribution in [2.45, 2.75) is 32.8 Å². The Morgan fingerprint density at radius 2 is 2.17 bits per heavy atom. The van der Waals surface area contributed by atoms with Gasteiger partial charge >= 0.3 is 0 Å². The van der Waals surface area contributed by atoms with E-state index in [1.807, 2.05) is 38.1 Å². The fourth-order valence-electron chi connectivity index (χ4n) is 2.60. The van der Waals surface area contributed by atoms with Crippen LogP contribution in [-0.4, -0.2) is 29.2 Å². The zero-order chi connectivity index (χ0) is 16.2. The molecule has 0 radical (unpaired) electrons. The minimum absolute atomic E-state index is 0.275. The summed E-state index contributed by atoms with van der Waals surface area (Å²) in [7, 11) is 0. The molecular formula is C17H21ClN4O. The number of aromatic nitrogens is 2. The quantitative estimate of drug-likeness (QED) is 0.864. The monoisotopic (exact) mass is 332 g/mol. The summed E-state index contributed by atoms with van der Waals surface area (Å²) < 4.78 is 5.62. The SMILES string of the molecule is Cc1cc(NCC2CCCO2)nc(Nc2cccc(Cl)c2C)n1. The van der Waals surface area contributed by atoms with Gasteiger partial charge in [-0.05, 0) is 44.4 Å². The third-order valence-electron chi connectivity index (χ3n) is 3.90. The van der Waals surface area contributed by atoms with Gasteiger partial charge in [0.15, 0.2) is 0 Å². The number of nitrogens with zero attached hydrogens (tertiary/aromatic N) is 2. The van der Waals surface area contributed by atoms with E-state index in [4.69, 9.17) is 16.3 Å². The molecule has 1 aromatic carbocycles. The van der Waals surface area contributed by atoms with E-state index in [1.165, 1.54) is 0 Å². The Kier molecular flexibility index (Phi) is 4.98. The summed E-state index contributed by atoms with van der Waals surface area (Å²) in [6.07, 6.45) is 2.51. The molecule has 1 aliphatic rings. The molecule has 2 heterocycles. The van der Waals surface area contributed by atoms with Gasteiger partial charge < -0.3 is 15.4 Å². The third kappa shape index (κ3) is 4.12. The first-order chi connectivity index (χ1) is 11.1. The van der Waals surface area contributed by atoms with Crippen LogP contribution in [0.15, 0.2) is 24.3 Å². The number of halogens is 1. The molecule has 1 unspecified atom stereocenters. The van der Waals surface area contributed by atoms with Gasteiger partial charge in [0.1, 0.15) is 5.82 Å². The molecule has 23 heavy (non-hydrogen) atoms. The Morgan fingerprint density at radius 3 is 2.96 bits per heavy atom. The van der Waals surface area contributed by atoms with Crippen LogP contribution in [0, 0.1) is 13.8 Å². The van der Waals surface area contributed by atoms with Gasteiger partial charge in [0, 0.05) is 35.6 Å². The standard InChI is InChI=1S/C17H21ClN4O/c1-11-9-16(19-10-13-5-4-8-23-13)22-17(20-11)21-15-7-3-6-14(18)12(15)2/h3,6-7,9,13H,4-5,8,10H2,1-2H3,(H2,19,20,21,22). The molecule has 0 aliphatic carbocycles. The molecule has 5 nitrogen and oxygen atoms in total. The van der Waals surface area contributed by atoms with Crippen LogP contribution in [0.3, 0.4) is 0 Å². The van der Waals surface area contributed by atoms with Crippen molar-refractivity contribution in [2.75, 3.05) is 23.8 Å². The first-order valence-corrected chi connectivity index (χ1v) is 8.23. The fourth-order valence-corrected chi connectivity index (χ4v) is 2.78. The number of rotatable bonds is 5. The largest absolute Gasteiger partial charge is 0.376 e. The van der Waals surface area contributed by atoms with Crippen molar-refractivity contribution in [3.05, 3.63) is 40.5 Å². The van der Waals surface area contributed by atoms with Crippen molar-refractivity contribution >= 4 is 29.1 Å². The number of ether oxygens (including phenoxy) is 1. The van der Waals surface area contributed by atoms with Crippen LogP contribution in [0.5, 0.6) is 0 Å². The predicted octanol–water partition coefficient (Wildman–Crippen LogP) is 4.08. The molecule has 3 rings (SSSR count). The average Bonchev–Trinajstić information content (AvgIpc) is 3.03.